The lowest BCUT2D eigenvalue weighted by atomic mass is 10.2. The first kappa shape index (κ1) is 14.1. The molecule has 2 aromatic heterocycles. The molecule has 1 fully saturated rings. The summed E-state index contributed by atoms with van der Waals surface area (Å²) in [5.74, 6) is 3.41. The molecule has 0 radical (unpaired) electrons. The van der Waals surface area contributed by atoms with E-state index in [1.165, 1.54) is 0 Å². The molecule has 0 aromatic carbocycles. The Balaban J connectivity index is 1.68. The van der Waals surface area contributed by atoms with Gasteiger partial charge >= 0.3 is 0 Å². The van der Waals surface area contributed by atoms with Gasteiger partial charge in [-0.25, -0.2) is 0 Å². The molecule has 0 atom stereocenters. The van der Waals surface area contributed by atoms with Crippen LogP contribution in [0.3, 0.4) is 0 Å². The summed E-state index contributed by atoms with van der Waals surface area (Å²) >= 11 is 1.89. The molecule has 112 valence electrons. The molecule has 3 rings (SSSR count). The number of aromatic nitrogens is 4. The van der Waals surface area contributed by atoms with E-state index in [-0.39, 0.29) is 5.91 Å². The monoisotopic (exact) mass is 307 g/mol. The minimum Gasteiger partial charge on any atom is -0.480 e. The van der Waals surface area contributed by atoms with Crippen LogP contribution in [0, 0.1) is 0 Å². The summed E-state index contributed by atoms with van der Waals surface area (Å²) in [6.45, 7) is 1.69. The van der Waals surface area contributed by atoms with Gasteiger partial charge in [0.25, 0.3) is 0 Å². The van der Waals surface area contributed by atoms with Crippen LogP contribution < -0.4 is 4.74 Å². The van der Waals surface area contributed by atoms with Gasteiger partial charge in [-0.15, -0.1) is 15.3 Å². The van der Waals surface area contributed by atoms with Crippen LogP contribution in [0.2, 0.25) is 0 Å². The molecule has 21 heavy (non-hydrogen) atoms. The van der Waals surface area contributed by atoms with Crippen molar-refractivity contribution >= 4 is 23.3 Å². The second-order valence-electron chi connectivity index (χ2n) is 4.76. The van der Waals surface area contributed by atoms with E-state index in [0.29, 0.717) is 30.2 Å². The van der Waals surface area contributed by atoms with Crippen LogP contribution in [0.25, 0.3) is 5.65 Å². The highest BCUT2D eigenvalue weighted by Gasteiger charge is 2.17. The van der Waals surface area contributed by atoms with E-state index < -0.39 is 0 Å². The van der Waals surface area contributed by atoms with Gasteiger partial charge in [-0.1, -0.05) is 0 Å². The van der Waals surface area contributed by atoms with E-state index in [0.717, 1.165) is 24.6 Å². The summed E-state index contributed by atoms with van der Waals surface area (Å²) in [5, 5.41) is 12.4. The molecule has 1 aliphatic heterocycles. The van der Waals surface area contributed by atoms with Gasteiger partial charge in [0.1, 0.15) is 0 Å². The van der Waals surface area contributed by atoms with Crippen molar-refractivity contribution in [3.8, 4) is 5.88 Å². The quantitative estimate of drug-likeness (QED) is 0.825. The lowest BCUT2D eigenvalue weighted by Gasteiger charge is -2.26. The van der Waals surface area contributed by atoms with Crippen LogP contribution in [0.1, 0.15) is 12.2 Å². The fourth-order valence-electron chi connectivity index (χ4n) is 2.27. The van der Waals surface area contributed by atoms with Crippen molar-refractivity contribution in [1.29, 1.82) is 0 Å². The van der Waals surface area contributed by atoms with Crippen LogP contribution >= 0.6 is 11.8 Å². The Kier molecular flexibility index (Phi) is 4.23. The number of ether oxygens (including phenoxy) is 1. The van der Waals surface area contributed by atoms with Crippen molar-refractivity contribution in [2.75, 3.05) is 31.7 Å². The Morgan fingerprint density at radius 2 is 2.14 bits per heavy atom. The molecule has 1 amide bonds. The smallest absolute Gasteiger partial charge is 0.231 e. The van der Waals surface area contributed by atoms with Crippen molar-refractivity contribution in [2.24, 2.45) is 0 Å². The van der Waals surface area contributed by atoms with E-state index in [9.17, 15) is 4.79 Å². The van der Waals surface area contributed by atoms with E-state index in [2.05, 4.69) is 15.3 Å². The molecule has 8 heteroatoms. The molecule has 7 nitrogen and oxygen atoms in total. The average molecular weight is 307 g/mol. The van der Waals surface area contributed by atoms with Crippen molar-refractivity contribution < 1.29 is 9.53 Å². The topological polar surface area (TPSA) is 72.6 Å². The normalized spacial score (nSPS) is 15.4. The molecule has 0 bridgehead atoms. The zero-order chi connectivity index (χ0) is 14.7. The lowest BCUT2D eigenvalue weighted by molar-refractivity contribution is -0.130. The van der Waals surface area contributed by atoms with Crippen molar-refractivity contribution in [2.45, 2.75) is 12.8 Å². The Labute approximate surface area is 126 Å². The summed E-state index contributed by atoms with van der Waals surface area (Å²) in [5.41, 5.74) is 0.660. The van der Waals surface area contributed by atoms with Gasteiger partial charge in [0.15, 0.2) is 11.5 Å². The summed E-state index contributed by atoms with van der Waals surface area (Å²) in [6.07, 6.45) is 0.966. The number of carbonyl (C=O) groups is 1. The molecular weight excluding hydrogens is 290 g/mol. The van der Waals surface area contributed by atoms with E-state index >= 15 is 0 Å². The highest BCUT2D eigenvalue weighted by Crippen LogP contribution is 2.13. The number of thioether (sulfide) groups is 1. The standard InChI is InChI=1S/C13H17N5O2S/c1-20-12-4-2-10-14-15-11(18(10)16-12)3-5-13(19)17-6-8-21-9-7-17/h2,4H,3,5-9H2,1H3. The van der Waals surface area contributed by atoms with Gasteiger partial charge < -0.3 is 9.64 Å². The second-order valence-corrected chi connectivity index (χ2v) is 5.98. The first-order valence-electron chi connectivity index (χ1n) is 6.89. The highest BCUT2D eigenvalue weighted by molar-refractivity contribution is 7.99. The van der Waals surface area contributed by atoms with Gasteiger partial charge in [0.05, 0.1) is 7.11 Å². The number of carbonyl (C=O) groups excluding carboxylic acids is 1. The maximum Gasteiger partial charge on any atom is 0.231 e. The molecule has 0 spiro atoms. The Morgan fingerprint density at radius 3 is 2.90 bits per heavy atom. The van der Waals surface area contributed by atoms with Crippen molar-refractivity contribution in [3.63, 3.8) is 0 Å². The van der Waals surface area contributed by atoms with Crippen molar-refractivity contribution in [3.05, 3.63) is 18.0 Å². The minimum absolute atomic E-state index is 0.176. The summed E-state index contributed by atoms with van der Waals surface area (Å²) in [4.78, 5) is 14.1. The van der Waals surface area contributed by atoms with Crippen LogP contribution in [0.4, 0.5) is 0 Å². The van der Waals surface area contributed by atoms with Gasteiger partial charge in [-0.05, 0) is 6.07 Å². The molecule has 1 saturated heterocycles. The van der Waals surface area contributed by atoms with Gasteiger partial charge in [0.2, 0.25) is 11.8 Å². The number of rotatable bonds is 4. The average Bonchev–Trinajstić information content (AvgIpc) is 2.95. The number of nitrogens with zero attached hydrogens (tertiary/aromatic N) is 5. The van der Waals surface area contributed by atoms with Crippen molar-refractivity contribution in [1.82, 2.24) is 24.7 Å². The summed E-state index contributed by atoms with van der Waals surface area (Å²) in [7, 11) is 1.57. The molecule has 0 aliphatic carbocycles. The molecule has 0 N–H and O–H groups in total. The highest BCUT2D eigenvalue weighted by atomic mass is 32.2. The van der Waals surface area contributed by atoms with Crippen LogP contribution in [-0.4, -0.2) is 62.3 Å². The SMILES string of the molecule is COc1ccc2nnc(CCC(=O)N3CCSCC3)n2n1. The van der Waals surface area contributed by atoms with Crippen LogP contribution in [0.15, 0.2) is 12.1 Å². The third-order valence-corrected chi connectivity index (χ3v) is 4.38. The Bertz CT molecular complexity index is 639. The van der Waals surface area contributed by atoms with Gasteiger partial charge in [-0.3, -0.25) is 4.79 Å². The van der Waals surface area contributed by atoms with Crippen LogP contribution in [0.5, 0.6) is 5.88 Å². The Morgan fingerprint density at radius 1 is 1.33 bits per heavy atom. The van der Waals surface area contributed by atoms with Gasteiger partial charge in [-0.2, -0.15) is 16.3 Å². The van der Waals surface area contributed by atoms with Crippen LogP contribution in [-0.2, 0) is 11.2 Å². The number of fused-ring (bicyclic) bond motifs is 1. The minimum atomic E-state index is 0.176. The first-order chi connectivity index (χ1) is 10.3. The molecule has 3 heterocycles. The number of methoxy groups -OCH3 is 1. The number of hydrogen-bond acceptors (Lipinski definition) is 6. The number of hydrogen-bond donors (Lipinski definition) is 0. The summed E-state index contributed by atoms with van der Waals surface area (Å²) in [6, 6.07) is 3.54. The maximum absolute atomic E-state index is 12.2. The zero-order valence-corrected chi connectivity index (χ0v) is 12.7. The fourth-order valence-corrected chi connectivity index (χ4v) is 3.17. The zero-order valence-electron chi connectivity index (χ0n) is 11.9. The number of aryl methyl sites for hydroxylation is 1. The molecule has 0 saturated carbocycles. The predicted octanol–water partition coefficient (Wildman–Crippen LogP) is 0.641. The second kappa shape index (κ2) is 6.30. The molecular formula is C13H17N5O2S. The Hall–Kier alpha value is -1.83. The van der Waals surface area contributed by atoms with E-state index in [1.54, 1.807) is 23.8 Å². The largest absolute Gasteiger partial charge is 0.480 e. The third-order valence-electron chi connectivity index (χ3n) is 3.44. The fraction of sp³-hybridized carbons (Fsp3) is 0.538. The lowest BCUT2D eigenvalue weighted by Crippen LogP contribution is -2.38. The van der Waals surface area contributed by atoms with Gasteiger partial charge in [0, 0.05) is 43.5 Å². The van der Waals surface area contributed by atoms with E-state index in [1.807, 2.05) is 16.7 Å². The third kappa shape index (κ3) is 3.10. The molecule has 2 aromatic rings. The maximum atomic E-state index is 12.2. The first-order valence-corrected chi connectivity index (χ1v) is 8.04. The van der Waals surface area contributed by atoms with E-state index in [4.69, 9.17) is 4.74 Å². The number of amides is 1. The molecule has 1 aliphatic rings. The summed E-state index contributed by atoms with van der Waals surface area (Å²) < 4.78 is 6.74. The molecule has 0 unspecified atom stereocenters. The predicted molar refractivity (Wildman–Crippen MR) is 79.6 cm³/mol.